The van der Waals surface area contributed by atoms with Crippen LogP contribution in [-0.4, -0.2) is 60.2 Å². The number of imidazole rings is 1. The van der Waals surface area contributed by atoms with Crippen molar-refractivity contribution in [1.82, 2.24) is 14.3 Å². The smallest absolute Gasteiger partial charge is 0.352 e. The molecule has 12 heteroatoms. The second-order valence-electron chi connectivity index (χ2n) is 10.2. The summed E-state index contributed by atoms with van der Waals surface area (Å²) in [6.07, 6.45) is 6.02. The van der Waals surface area contributed by atoms with Gasteiger partial charge in [0.2, 0.25) is 18.2 Å². The van der Waals surface area contributed by atoms with E-state index in [0.29, 0.717) is 20.8 Å². The van der Waals surface area contributed by atoms with E-state index < -0.39 is 35.8 Å². The number of nitrogens with two attached hydrogens (primary N) is 1. The Morgan fingerprint density at radius 3 is 2.68 bits per heavy atom. The number of fused-ring (bicyclic) bond motifs is 2. The molecule has 0 aromatic carbocycles. The van der Waals surface area contributed by atoms with Crippen LogP contribution in [0.5, 0.6) is 0 Å². The average Bonchev–Trinajstić information content (AvgIpc) is 3.42. The van der Waals surface area contributed by atoms with Crippen LogP contribution in [0, 0.1) is 11.8 Å². The zero-order valence-corrected chi connectivity index (χ0v) is 21.5. The lowest BCUT2D eigenvalue weighted by molar-refractivity contribution is -0.684. The molecular formula is C26H26N5O6S+. The van der Waals surface area contributed by atoms with Crippen LogP contribution >= 0.6 is 11.3 Å². The van der Waals surface area contributed by atoms with Gasteiger partial charge in [-0.25, -0.2) is 9.78 Å². The Balaban J connectivity index is 1.46. The van der Waals surface area contributed by atoms with Gasteiger partial charge in [0.15, 0.2) is 12.4 Å². The van der Waals surface area contributed by atoms with Crippen LogP contribution in [-0.2, 0) is 20.9 Å². The van der Waals surface area contributed by atoms with Crippen molar-refractivity contribution in [2.75, 3.05) is 0 Å². The van der Waals surface area contributed by atoms with Gasteiger partial charge in [-0.15, -0.1) is 11.3 Å². The quantitative estimate of drug-likeness (QED) is 0.219. The fourth-order valence-electron chi connectivity index (χ4n) is 5.77. The lowest BCUT2D eigenvalue weighted by atomic mass is 9.77. The van der Waals surface area contributed by atoms with E-state index in [4.69, 9.17) is 10.7 Å². The SMILES string of the molecule is C[C@@H](O)[C@H]1C(=O)N2C(C(=O)O)=C(c3cn4c(C5CC5)nc(C(=O)c5ccc[n+](CC(N)=O)c5)c4s3)[C@H](C)[C@H]12. The molecule has 3 aromatic rings. The normalized spacial score (nSPS) is 23.5. The number of nitrogens with zero attached hydrogens (tertiary/aromatic N) is 4. The topological polar surface area (TPSA) is 159 Å². The summed E-state index contributed by atoms with van der Waals surface area (Å²) < 4.78 is 3.41. The minimum Gasteiger partial charge on any atom is -0.477 e. The highest BCUT2D eigenvalue weighted by Crippen LogP contribution is 2.52. The van der Waals surface area contributed by atoms with E-state index in [1.807, 2.05) is 17.5 Å². The number of amides is 2. The maximum absolute atomic E-state index is 13.6. The van der Waals surface area contributed by atoms with Gasteiger partial charge in [0, 0.05) is 29.7 Å². The molecule has 5 heterocycles. The van der Waals surface area contributed by atoms with Crippen molar-refractivity contribution in [3.63, 3.8) is 0 Å². The number of carboxylic acid groups (broad SMARTS) is 1. The number of hydrogen-bond donors (Lipinski definition) is 3. The average molecular weight is 537 g/mol. The van der Waals surface area contributed by atoms with Crippen LogP contribution < -0.4 is 10.3 Å². The van der Waals surface area contributed by atoms with Gasteiger partial charge in [-0.1, -0.05) is 6.92 Å². The molecule has 3 aromatic heterocycles. The van der Waals surface area contributed by atoms with Crippen LogP contribution in [0.15, 0.2) is 36.4 Å². The zero-order valence-electron chi connectivity index (χ0n) is 20.7. The second kappa shape index (κ2) is 8.57. The van der Waals surface area contributed by atoms with E-state index in [-0.39, 0.29) is 35.6 Å². The largest absolute Gasteiger partial charge is 0.477 e. The van der Waals surface area contributed by atoms with Crippen molar-refractivity contribution in [2.24, 2.45) is 17.6 Å². The van der Waals surface area contributed by atoms with Crippen molar-refractivity contribution >= 4 is 45.3 Å². The van der Waals surface area contributed by atoms with Crippen LogP contribution in [0.4, 0.5) is 0 Å². The Morgan fingerprint density at radius 1 is 1.32 bits per heavy atom. The van der Waals surface area contributed by atoms with Crippen LogP contribution in [0.2, 0.25) is 0 Å². The van der Waals surface area contributed by atoms with E-state index in [9.17, 15) is 29.4 Å². The first-order valence-electron chi connectivity index (χ1n) is 12.4. The molecule has 4 N–H and O–H groups in total. The van der Waals surface area contributed by atoms with Gasteiger partial charge < -0.3 is 20.8 Å². The van der Waals surface area contributed by atoms with Crippen molar-refractivity contribution in [3.05, 3.63) is 58.4 Å². The predicted octanol–water partition coefficient (Wildman–Crippen LogP) is 0.930. The first-order chi connectivity index (χ1) is 18.1. The van der Waals surface area contributed by atoms with Gasteiger partial charge in [0.05, 0.1) is 28.5 Å². The van der Waals surface area contributed by atoms with E-state index in [1.165, 1.54) is 20.8 Å². The maximum atomic E-state index is 13.6. The number of β-lactam (4-membered cyclic amide) rings is 1. The molecule has 196 valence electrons. The number of aliphatic hydroxyl groups is 1. The summed E-state index contributed by atoms with van der Waals surface area (Å²) in [4.78, 5) is 57.3. The molecule has 0 radical (unpaired) electrons. The molecule has 2 fully saturated rings. The molecule has 11 nitrogen and oxygen atoms in total. The molecule has 1 saturated heterocycles. The maximum Gasteiger partial charge on any atom is 0.352 e. The summed E-state index contributed by atoms with van der Waals surface area (Å²) in [6.45, 7) is 3.35. The number of aromatic nitrogens is 3. The molecule has 0 spiro atoms. The first-order valence-corrected chi connectivity index (χ1v) is 13.2. The van der Waals surface area contributed by atoms with Gasteiger partial charge in [-0.2, -0.15) is 4.57 Å². The van der Waals surface area contributed by atoms with E-state index in [1.54, 1.807) is 31.5 Å². The summed E-state index contributed by atoms with van der Waals surface area (Å²) in [5, 5.41) is 20.2. The third-order valence-corrected chi connectivity index (χ3v) is 8.73. The summed E-state index contributed by atoms with van der Waals surface area (Å²) in [5.74, 6) is -2.47. The molecule has 1 saturated carbocycles. The lowest BCUT2D eigenvalue weighted by Gasteiger charge is -2.46. The van der Waals surface area contributed by atoms with Crippen LogP contribution in [0.1, 0.15) is 59.4 Å². The van der Waals surface area contributed by atoms with Gasteiger partial charge >= 0.3 is 5.97 Å². The Morgan fingerprint density at radius 2 is 2.05 bits per heavy atom. The molecule has 2 aliphatic heterocycles. The number of rotatable bonds is 8. The van der Waals surface area contributed by atoms with Crippen molar-refractivity contribution in [1.29, 1.82) is 0 Å². The number of aliphatic carboxylic acids is 1. The second-order valence-corrected chi connectivity index (χ2v) is 11.3. The molecule has 1 aliphatic carbocycles. The minimum atomic E-state index is -1.20. The molecule has 2 amide bonds. The standard InChI is InChI=1S/C26H25N5O6S/c1-11-17(21(26(36)37)31-20(11)18(12(2)32)24(31)35)15-9-30-23(13-5-6-13)28-19(25(30)38-15)22(34)14-4-3-7-29(8-14)10-16(27)33/h3-4,7-9,11-13,18,20,32H,5-6,10H2,1-2H3,(H2-,27,33,36,37)/p+1/t11-,12+,18+,20+/m0/s1. The number of carbonyl (C=O) groups is 4. The number of pyridine rings is 1. The summed E-state index contributed by atoms with van der Waals surface area (Å²) in [5.41, 5.74) is 6.35. The fourth-order valence-corrected chi connectivity index (χ4v) is 7.01. The number of carboxylic acids is 1. The monoisotopic (exact) mass is 536 g/mol. The van der Waals surface area contributed by atoms with Crippen molar-refractivity contribution in [3.8, 4) is 0 Å². The van der Waals surface area contributed by atoms with Gasteiger partial charge in [-0.3, -0.25) is 18.8 Å². The molecule has 4 atom stereocenters. The Labute approximate surface area is 220 Å². The minimum absolute atomic E-state index is 0.0654. The summed E-state index contributed by atoms with van der Waals surface area (Å²) >= 11 is 1.27. The molecule has 3 aliphatic rings. The van der Waals surface area contributed by atoms with Gasteiger partial charge in [0.1, 0.15) is 22.0 Å². The molecule has 38 heavy (non-hydrogen) atoms. The third kappa shape index (κ3) is 3.58. The number of aliphatic hydroxyl groups excluding tert-OH is 1. The zero-order chi connectivity index (χ0) is 27.0. The van der Waals surface area contributed by atoms with Crippen LogP contribution in [0.3, 0.4) is 0 Å². The molecule has 6 rings (SSSR count). The van der Waals surface area contributed by atoms with Crippen molar-refractivity contribution < 1.29 is 34.0 Å². The van der Waals surface area contributed by atoms with E-state index in [2.05, 4.69) is 0 Å². The number of thiazole rings is 1. The summed E-state index contributed by atoms with van der Waals surface area (Å²) in [6, 6.07) is 2.87. The highest BCUT2D eigenvalue weighted by Gasteiger charge is 2.60. The molecule has 0 unspecified atom stereocenters. The fraction of sp³-hybridized carbons (Fsp3) is 0.385. The summed E-state index contributed by atoms with van der Waals surface area (Å²) in [7, 11) is 0. The van der Waals surface area contributed by atoms with Gasteiger partial charge in [-0.05, 0) is 25.8 Å². The van der Waals surface area contributed by atoms with E-state index >= 15 is 0 Å². The Bertz CT molecular complexity index is 1580. The number of primary amides is 1. The highest BCUT2D eigenvalue weighted by atomic mass is 32.1. The molecule has 0 bridgehead atoms. The lowest BCUT2D eigenvalue weighted by Crippen LogP contribution is -2.63. The van der Waals surface area contributed by atoms with Gasteiger partial charge in [0.25, 0.3) is 5.91 Å². The van der Waals surface area contributed by atoms with Crippen molar-refractivity contribution in [2.45, 2.75) is 51.3 Å². The Hall–Kier alpha value is -3.90. The van der Waals surface area contributed by atoms with Crippen LogP contribution in [0.25, 0.3) is 10.4 Å². The highest BCUT2D eigenvalue weighted by molar-refractivity contribution is 7.18. The molecular weight excluding hydrogens is 510 g/mol. The predicted molar refractivity (Wildman–Crippen MR) is 134 cm³/mol. The third-order valence-electron chi connectivity index (χ3n) is 7.60. The number of hydrogen-bond acceptors (Lipinski definition) is 7. The number of ketones is 1. The number of carbonyl (C=O) groups excluding carboxylic acids is 3. The van der Waals surface area contributed by atoms with E-state index in [0.717, 1.165) is 18.7 Å². The Kier molecular flexibility index (Phi) is 5.51. The first kappa shape index (κ1) is 24.4.